The fourth-order valence-electron chi connectivity index (χ4n) is 4.31. The van der Waals surface area contributed by atoms with E-state index in [1.54, 1.807) is 4.31 Å². The van der Waals surface area contributed by atoms with Crippen LogP contribution in [0.4, 0.5) is 0 Å². The van der Waals surface area contributed by atoms with Gasteiger partial charge in [-0.2, -0.15) is 4.31 Å². The van der Waals surface area contributed by atoms with Gasteiger partial charge in [-0.1, -0.05) is 18.6 Å². The highest BCUT2D eigenvalue weighted by Gasteiger charge is 2.38. The maximum Gasteiger partial charge on any atom is 0.226 e. The van der Waals surface area contributed by atoms with Gasteiger partial charge in [0.15, 0.2) is 0 Å². The van der Waals surface area contributed by atoms with Gasteiger partial charge < -0.3 is 4.90 Å². The number of likely N-dealkylation sites (tertiary alicyclic amines) is 1. The molecule has 0 aromatic carbocycles. The third kappa shape index (κ3) is 4.02. The highest BCUT2D eigenvalue weighted by molar-refractivity contribution is 7.88. The average Bonchev–Trinajstić information content (AvgIpc) is 2.75. The van der Waals surface area contributed by atoms with E-state index in [1.807, 2.05) is 4.90 Å². The molecule has 0 aromatic rings. The molecule has 0 bridgehead atoms. The quantitative estimate of drug-likeness (QED) is 0.729. The Labute approximate surface area is 146 Å². The zero-order chi connectivity index (χ0) is 17.2. The second-order valence-corrected chi connectivity index (χ2v) is 9.46. The van der Waals surface area contributed by atoms with E-state index in [9.17, 15) is 13.2 Å². The predicted octanol–water partition coefficient (Wildman–Crippen LogP) is 2.54. The fraction of sp³-hybridized carbons (Fsp3) is 0.833. The van der Waals surface area contributed by atoms with Crippen LogP contribution in [0.5, 0.6) is 0 Å². The minimum absolute atomic E-state index is 0.0642. The van der Waals surface area contributed by atoms with Crippen molar-refractivity contribution in [3.05, 3.63) is 12.2 Å². The number of rotatable bonds is 4. The summed E-state index contributed by atoms with van der Waals surface area (Å²) in [5, 5.41) is 0. The van der Waals surface area contributed by atoms with E-state index < -0.39 is 10.0 Å². The summed E-state index contributed by atoms with van der Waals surface area (Å²) < 4.78 is 26.3. The van der Waals surface area contributed by atoms with Crippen LogP contribution in [0.1, 0.15) is 57.8 Å². The van der Waals surface area contributed by atoms with Gasteiger partial charge in [-0.3, -0.25) is 4.79 Å². The van der Waals surface area contributed by atoms with Crippen molar-refractivity contribution in [3.63, 3.8) is 0 Å². The number of hydrogen-bond acceptors (Lipinski definition) is 3. The Balaban J connectivity index is 1.63. The zero-order valence-electron chi connectivity index (χ0n) is 14.7. The molecule has 3 aliphatic rings. The Morgan fingerprint density at radius 2 is 1.71 bits per heavy atom. The molecular weight excluding hydrogens is 324 g/mol. The highest BCUT2D eigenvalue weighted by atomic mass is 32.2. The molecule has 1 amide bonds. The molecule has 5 nitrogen and oxygen atoms in total. The smallest absolute Gasteiger partial charge is 0.226 e. The molecule has 1 heterocycles. The SMILES string of the molecule is CS(=O)(=O)N(C1CCC1)[C@@H]1CCCN(C(=O)[C@@H]2CC=CCC2)CC1. The van der Waals surface area contributed by atoms with Crippen molar-refractivity contribution in [2.75, 3.05) is 19.3 Å². The molecule has 0 spiro atoms. The Hall–Kier alpha value is -0.880. The zero-order valence-corrected chi connectivity index (χ0v) is 15.5. The van der Waals surface area contributed by atoms with Gasteiger partial charge in [-0.15, -0.1) is 0 Å². The van der Waals surface area contributed by atoms with Crippen LogP contribution in [-0.4, -0.2) is 55.0 Å². The van der Waals surface area contributed by atoms with Crippen molar-refractivity contribution in [1.82, 2.24) is 9.21 Å². The summed E-state index contributed by atoms with van der Waals surface area (Å²) in [5.74, 6) is 0.402. The molecule has 0 radical (unpaired) electrons. The number of amides is 1. The van der Waals surface area contributed by atoms with Gasteiger partial charge in [-0.05, 0) is 51.4 Å². The average molecular weight is 355 g/mol. The van der Waals surface area contributed by atoms with Gasteiger partial charge >= 0.3 is 0 Å². The summed E-state index contributed by atoms with van der Waals surface area (Å²) in [5.41, 5.74) is 0. The normalized spacial score (nSPS) is 29.3. The second kappa shape index (κ2) is 7.56. The number of sulfonamides is 1. The molecule has 0 N–H and O–H groups in total. The molecule has 6 heteroatoms. The van der Waals surface area contributed by atoms with Gasteiger partial charge in [0.05, 0.1) is 6.26 Å². The molecule has 2 fully saturated rings. The second-order valence-electron chi connectivity index (χ2n) is 7.57. The first kappa shape index (κ1) is 17.9. The Morgan fingerprint density at radius 1 is 1.00 bits per heavy atom. The first-order valence-electron chi connectivity index (χ1n) is 9.39. The fourth-order valence-corrected chi connectivity index (χ4v) is 5.82. The summed E-state index contributed by atoms with van der Waals surface area (Å²) in [7, 11) is -3.18. The van der Waals surface area contributed by atoms with E-state index in [2.05, 4.69) is 12.2 Å². The van der Waals surface area contributed by atoms with Crippen LogP contribution in [-0.2, 0) is 14.8 Å². The lowest BCUT2D eigenvalue weighted by molar-refractivity contribution is -0.135. The standard InChI is InChI=1S/C18H30N2O3S/c1-24(22,23)20(16-9-5-10-16)17-11-6-13-19(14-12-17)18(21)15-7-3-2-4-8-15/h2-3,15-17H,4-14H2,1H3/t15-,17-/m1/s1. The van der Waals surface area contributed by atoms with Crippen LogP contribution < -0.4 is 0 Å². The Kier molecular flexibility index (Phi) is 5.65. The molecule has 2 atom stereocenters. The van der Waals surface area contributed by atoms with Gasteiger partial charge in [0.2, 0.25) is 15.9 Å². The minimum Gasteiger partial charge on any atom is -0.342 e. The van der Waals surface area contributed by atoms with Crippen LogP contribution in [0.3, 0.4) is 0 Å². The summed E-state index contributed by atoms with van der Waals surface area (Å²) >= 11 is 0. The third-order valence-electron chi connectivity index (χ3n) is 5.81. The maximum atomic E-state index is 12.7. The molecule has 0 unspecified atom stereocenters. The van der Waals surface area contributed by atoms with E-state index in [1.165, 1.54) is 6.26 Å². The van der Waals surface area contributed by atoms with Crippen molar-refractivity contribution in [1.29, 1.82) is 0 Å². The van der Waals surface area contributed by atoms with Crippen molar-refractivity contribution in [3.8, 4) is 0 Å². The molecule has 0 aromatic heterocycles. The summed E-state index contributed by atoms with van der Waals surface area (Å²) in [6.45, 7) is 1.47. The lowest BCUT2D eigenvalue weighted by Gasteiger charge is -2.40. The summed E-state index contributed by atoms with van der Waals surface area (Å²) in [6, 6.07) is 0.255. The first-order valence-corrected chi connectivity index (χ1v) is 11.2. The van der Waals surface area contributed by atoms with E-state index in [0.717, 1.165) is 64.3 Å². The molecular formula is C18H30N2O3S. The van der Waals surface area contributed by atoms with Gasteiger partial charge in [-0.25, -0.2) is 8.42 Å². The van der Waals surface area contributed by atoms with Crippen molar-refractivity contribution in [2.45, 2.75) is 69.9 Å². The molecule has 1 saturated carbocycles. The van der Waals surface area contributed by atoms with Crippen LogP contribution in [0.25, 0.3) is 0 Å². The number of carbonyl (C=O) groups is 1. The van der Waals surface area contributed by atoms with E-state index in [0.29, 0.717) is 6.54 Å². The maximum absolute atomic E-state index is 12.7. The molecule has 2 aliphatic carbocycles. The van der Waals surface area contributed by atoms with Gasteiger partial charge in [0.25, 0.3) is 0 Å². The highest BCUT2D eigenvalue weighted by Crippen LogP contribution is 2.32. The number of nitrogens with zero attached hydrogens (tertiary/aromatic N) is 2. The molecule has 1 aliphatic heterocycles. The van der Waals surface area contributed by atoms with Crippen LogP contribution in [0, 0.1) is 5.92 Å². The molecule has 1 saturated heterocycles. The van der Waals surface area contributed by atoms with E-state index in [-0.39, 0.29) is 23.9 Å². The monoisotopic (exact) mass is 354 g/mol. The van der Waals surface area contributed by atoms with Gasteiger partial charge in [0.1, 0.15) is 0 Å². The van der Waals surface area contributed by atoms with E-state index in [4.69, 9.17) is 0 Å². The van der Waals surface area contributed by atoms with Crippen LogP contribution in [0.2, 0.25) is 0 Å². The Morgan fingerprint density at radius 3 is 2.29 bits per heavy atom. The number of carbonyl (C=O) groups excluding carboxylic acids is 1. The summed E-state index contributed by atoms with van der Waals surface area (Å²) in [6.07, 6.45) is 14.1. The summed E-state index contributed by atoms with van der Waals surface area (Å²) in [4.78, 5) is 14.7. The molecule has 136 valence electrons. The predicted molar refractivity (Wildman–Crippen MR) is 95.0 cm³/mol. The van der Waals surface area contributed by atoms with Crippen molar-refractivity contribution >= 4 is 15.9 Å². The largest absolute Gasteiger partial charge is 0.342 e. The minimum atomic E-state index is -3.18. The lowest BCUT2D eigenvalue weighted by atomic mass is 9.91. The van der Waals surface area contributed by atoms with E-state index >= 15 is 0 Å². The van der Waals surface area contributed by atoms with Crippen LogP contribution in [0.15, 0.2) is 12.2 Å². The van der Waals surface area contributed by atoms with Crippen LogP contribution >= 0.6 is 0 Å². The van der Waals surface area contributed by atoms with Crippen molar-refractivity contribution in [2.24, 2.45) is 5.92 Å². The van der Waals surface area contributed by atoms with Gasteiger partial charge in [0, 0.05) is 31.1 Å². The Bertz CT molecular complexity index is 583. The molecule has 24 heavy (non-hydrogen) atoms. The first-order chi connectivity index (χ1) is 11.5. The third-order valence-corrected chi connectivity index (χ3v) is 7.17. The topological polar surface area (TPSA) is 57.7 Å². The molecule has 3 rings (SSSR count). The number of hydrogen-bond donors (Lipinski definition) is 0. The van der Waals surface area contributed by atoms with Crippen molar-refractivity contribution < 1.29 is 13.2 Å². The number of allylic oxidation sites excluding steroid dienone is 2. The lowest BCUT2D eigenvalue weighted by Crippen LogP contribution is -2.50.